The van der Waals surface area contributed by atoms with Crippen LogP contribution in [-0.4, -0.2) is 16.3 Å². The topological polar surface area (TPSA) is 37.3 Å². The zero-order valence-corrected chi connectivity index (χ0v) is 9.50. The zero-order chi connectivity index (χ0) is 9.14. The minimum absolute atomic E-state index is 0.393. The maximum Gasteiger partial charge on any atom is 0.316 e. The van der Waals surface area contributed by atoms with Crippen molar-refractivity contribution in [3.05, 3.63) is 15.2 Å². The molecule has 0 saturated carbocycles. The molecule has 1 heterocycles. The normalized spacial score (nSPS) is 12.8. The summed E-state index contributed by atoms with van der Waals surface area (Å²) in [6, 6.07) is 0. The molecule has 66 valence electrons. The van der Waals surface area contributed by atoms with Crippen LogP contribution in [0, 0.1) is 0 Å². The number of hydrogen-bond donors (Lipinski definition) is 1. The Labute approximate surface area is 87.1 Å². The smallest absolute Gasteiger partial charge is 0.316 e. The average molecular weight is 267 g/mol. The third-order valence-electron chi connectivity index (χ3n) is 1.23. The highest BCUT2D eigenvalue weighted by Gasteiger charge is 2.14. The van der Waals surface area contributed by atoms with Crippen LogP contribution >= 0.6 is 39.0 Å². The van der Waals surface area contributed by atoms with E-state index in [2.05, 4.69) is 15.9 Å². The SMILES string of the molecule is C[C@H](Sc1cscc1Br)C(=O)O. The molecule has 0 amide bonds. The maximum absolute atomic E-state index is 10.5. The first kappa shape index (κ1) is 10.1. The van der Waals surface area contributed by atoms with Crippen LogP contribution in [0.2, 0.25) is 0 Å². The fourth-order valence-electron chi connectivity index (χ4n) is 0.595. The first-order valence-electron chi connectivity index (χ1n) is 3.22. The minimum atomic E-state index is -0.780. The highest BCUT2D eigenvalue weighted by atomic mass is 79.9. The summed E-state index contributed by atoms with van der Waals surface area (Å²) in [5, 5.41) is 12.1. The maximum atomic E-state index is 10.5. The van der Waals surface area contributed by atoms with Crippen molar-refractivity contribution in [3.8, 4) is 0 Å². The van der Waals surface area contributed by atoms with Gasteiger partial charge in [-0.2, -0.15) is 11.3 Å². The molecule has 0 fully saturated rings. The fourth-order valence-corrected chi connectivity index (χ4v) is 3.15. The van der Waals surface area contributed by atoms with E-state index < -0.39 is 11.2 Å². The van der Waals surface area contributed by atoms with E-state index in [1.54, 1.807) is 18.3 Å². The van der Waals surface area contributed by atoms with Crippen molar-refractivity contribution in [1.29, 1.82) is 0 Å². The van der Waals surface area contributed by atoms with Crippen LogP contribution in [-0.2, 0) is 4.79 Å². The number of carbonyl (C=O) groups is 1. The lowest BCUT2D eigenvalue weighted by molar-refractivity contribution is -0.136. The third-order valence-corrected chi connectivity index (χ3v) is 4.49. The van der Waals surface area contributed by atoms with Gasteiger partial charge in [-0.05, 0) is 22.9 Å². The second-order valence-electron chi connectivity index (χ2n) is 2.18. The highest BCUT2D eigenvalue weighted by molar-refractivity contribution is 9.10. The van der Waals surface area contributed by atoms with E-state index in [1.807, 2.05) is 10.8 Å². The monoisotopic (exact) mass is 266 g/mol. The van der Waals surface area contributed by atoms with Crippen molar-refractivity contribution in [1.82, 2.24) is 0 Å². The second kappa shape index (κ2) is 4.30. The minimum Gasteiger partial charge on any atom is -0.480 e. The number of hydrogen-bond acceptors (Lipinski definition) is 3. The summed E-state index contributed by atoms with van der Waals surface area (Å²) in [5.74, 6) is -0.780. The summed E-state index contributed by atoms with van der Waals surface area (Å²) in [4.78, 5) is 11.5. The van der Waals surface area contributed by atoms with Crippen molar-refractivity contribution in [2.75, 3.05) is 0 Å². The van der Waals surface area contributed by atoms with Crippen LogP contribution in [0.3, 0.4) is 0 Å². The molecule has 0 aliphatic carbocycles. The summed E-state index contributed by atoms with van der Waals surface area (Å²) in [6.07, 6.45) is 0. The molecule has 0 bridgehead atoms. The molecule has 1 rings (SSSR count). The standard InChI is InChI=1S/C7H7BrO2S2/c1-4(7(9)10)12-6-3-11-2-5(6)8/h2-4H,1H3,(H,9,10)/t4-/m0/s1. The van der Waals surface area contributed by atoms with E-state index in [9.17, 15) is 4.79 Å². The second-order valence-corrected chi connectivity index (χ2v) is 5.16. The van der Waals surface area contributed by atoms with Gasteiger partial charge in [-0.25, -0.2) is 0 Å². The Bertz CT molecular complexity index is 285. The molecule has 0 aromatic carbocycles. The quantitative estimate of drug-likeness (QED) is 0.855. The van der Waals surface area contributed by atoms with Crippen molar-refractivity contribution in [2.45, 2.75) is 17.1 Å². The van der Waals surface area contributed by atoms with Crippen molar-refractivity contribution in [3.63, 3.8) is 0 Å². The third kappa shape index (κ3) is 2.50. The summed E-state index contributed by atoms with van der Waals surface area (Å²) in [6.45, 7) is 1.68. The lowest BCUT2D eigenvalue weighted by atomic mass is 10.5. The van der Waals surface area contributed by atoms with Gasteiger partial charge < -0.3 is 5.11 Å². The van der Waals surface area contributed by atoms with Gasteiger partial charge in [-0.15, -0.1) is 11.8 Å². The Morgan fingerprint density at radius 3 is 2.83 bits per heavy atom. The molecule has 12 heavy (non-hydrogen) atoms. The van der Waals surface area contributed by atoms with E-state index in [0.29, 0.717) is 0 Å². The number of rotatable bonds is 3. The molecule has 0 aliphatic heterocycles. The van der Waals surface area contributed by atoms with Crippen molar-refractivity contribution >= 4 is 45.0 Å². The molecule has 0 aliphatic rings. The Balaban J connectivity index is 2.64. The largest absolute Gasteiger partial charge is 0.480 e. The molecule has 1 aromatic rings. The van der Waals surface area contributed by atoms with E-state index >= 15 is 0 Å². The average Bonchev–Trinajstić information content (AvgIpc) is 2.36. The molecule has 2 nitrogen and oxygen atoms in total. The van der Waals surface area contributed by atoms with E-state index in [-0.39, 0.29) is 0 Å². The summed E-state index contributed by atoms with van der Waals surface area (Å²) in [5.41, 5.74) is 0. The lowest BCUT2D eigenvalue weighted by Gasteiger charge is -2.03. The zero-order valence-electron chi connectivity index (χ0n) is 6.28. The van der Waals surface area contributed by atoms with Gasteiger partial charge in [-0.1, -0.05) is 0 Å². The number of thiophene rings is 1. The number of thioether (sulfide) groups is 1. The molecule has 0 unspecified atom stereocenters. The molecule has 0 radical (unpaired) electrons. The number of halogens is 1. The van der Waals surface area contributed by atoms with Crippen molar-refractivity contribution < 1.29 is 9.90 Å². The summed E-state index contributed by atoms with van der Waals surface area (Å²) in [7, 11) is 0. The van der Waals surface area contributed by atoms with E-state index in [4.69, 9.17) is 5.11 Å². The summed E-state index contributed by atoms with van der Waals surface area (Å²) < 4.78 is 0.977. The van der Waals surface area contributed by atoms with Crippen molar-refractivity contribution in [2.24, 2.45) is 0 Å². The first-order valence-corrected chi connectivity index (χ1v) is 5.84. The molecule has 1 atom stereocenters. The van der Waals surface area contributed by atoms with Crippen LogP contribution < -0.4 is 0 Å². The Morgan fingerprint density at radius 1 is 1.75 bits per heavy atom. The molecular weight excluding hydrogens is 260 g/mol. The van der Waals surface area contributed by atoms with Gasteiger partial charge in [0, 0.05) is 20.1 Å². The molecular formula is C7H7BrO2S2. The Morgan fingerprint density at radius 2 is 2.42 bits per heavy atom. The fraction of sp³-hybridized carbons (Fsp3) is 0.286. The van der Waals surface area contributed by atoms with Crippen LogP contribution in [0.15, 0.2) is 20.1 Å². The Hall–Kier alpha value is -0.000000000000000111. The van der Waals surface area contributed by atoms with Gasteiger partial charge in [-0.3, -0.25) is 4.79 Å². The lowest BCUT2D eigenvalue weighted by Crippen LogP contribution is -2.10. The van der Waals surface area contributed by atoms with Gasteiger partial charge in [0.1, 0.15) is 5.25 Å². The van der Waals surface area contributed by atoms with Crippen LogP contribution in [0.5, 0.6) is 0 Å². The predicted octanol–water partition coefficient (Wildman–Crippen LogP) is 3.08. The number of carboxylic acids is 1. The van der Waals surface area contributed by atoms with Crippen LogP contribution in [0.25, 0.3) is 0 Å². The predicted molar refractivity (Wildman–Crippen MR) is 55.0 cm³/mol. The van der Waals surface area contributed by atoms with Gasteiger partial charge >= 0.3 is 5.97 Å². The van der Waals surface area contributed by atoms with Crippen LogP contribution in [0.1, 0.15) is 6.92 Å². The van der Waals surface area contributed by atoms with E-state index in [1.165, 1.54) is 11.8 Å². The van der Waals surface area contributed by atoms with Crippen LogP contribution in [0.4, 0.5) is 0 Å². The van der Waals surface area contributed by atoms with Gasteiger partial charge in [0.15, 0.2) is 0 Å². The van der Waals surface area contributed by atoms with Gasteiger partial charge in [0.25, 0.3) is 0 Å². The summed E-state index contributed by atoms with van der Waals surface area (Å²) >= 11 is 6.25. The van der Waals surface area contributed by atoms with E-state index in [0.717, 1.165) is 9.37 Å². The van der Waals surface area contributed by atoms with Gasteiger partial charge in [0.2, 0.25) is 0 Å². The molecule has 0 saturated heterocycles. The highest BCUT2D eigenvalue weighted by Crippen LogP contribution is 2.33. The molecule has 0 spiro atoms. The number of aliphatic carboxylic acids is 1. The molecule has 5 heteroatoms. The molecule has 1 aromatic heterocycles. The number of carboxylic acid groups (broad SMARTS) is 1. The Kier molecular flexibility index (Phi) is 3.61. The molecule has 1 N–H and O–H groups in total. The van der Waals surface area contributed by atoms with Gasteiger partial charge in [0.05, 0.1) is 0 Å². The first-order chi connectivity index (χ1) is 5.61.